The minimum Gasteiger partial charge on any atom is -0.340 e. The molecule has 1 saturated heterocycles. The summed E-state index contributed by atoms with van der Waals surface area (Å²) in [6, 6.07) is 9.15. The number of aromatic nitrogens is 3. The molecule has 1 amide bonds. The number of carbonyl (C=O) groups is 1. The molecule has 1 aliphatic carbocycles. The van der Waals surface area contributed by atoms with Crippen LogP contribution in [-0.2, 0) is 23.2 Å². The van der Waals surface area contributed by atoms with Gasteiger partial charge in [0.25, 0.3) is 0 Å². The summed E-state index contributed by atoms with van der Waals surface area (Å²) >= 11 is 0. The number of nitrogens with one attached hydrogen (secondary N) is 1. The maximum absolute atomic E-state index is 13.2. The van der Waals surface area contributed by atoms with Crippen LogP contribution in [0.2, 0.25) is 0 Å². The Morgan fingerprint density at radius 2 is 2.14 bits per heavy atom. The number of rotatable bonds is 2. The lowest BCUT2D eigenvalue weighted by Gasteiger charge is -2.40. The molecule has 1 aliphatic heterocycles. The van der Waals surface area contributed by atoms with Crippen LogP contribution in [0, 0.1) is 6.92 Å². The number of para-hydroxylation sites is 1. The fraction of sp³-hybridized carbons (Fsp3) is 0.409. The van der Waals surface area contributed by atoms with Gasteiger partial charge in [0.15, 0.2) is 5.43 Å². The maximum Gasteiger partial charge on any atom is 0.242 e. The molecule has 1 spiro atoms. The summed E-state index contributed by atoms with van der Waals surface area (Å²) in [4.78, 5) is 27.5. The van der Waals surface area contributed by atoms with Crippen LogP contribution in [0.15, 0.2) is 41.3 Å². The van der Waals surface area contributed by atoms with E-state index in [0.29, 0.717) is 5.39 Å². The van der Waals surface area contributed by atoms with E-state index in [1.54, 1.807) is 6.07 Å². The highest BCUT2D eigenvalue weighted by Gasteiger charge is 2.44. The zero-order valence-electron chi connectivity index (χ0n) is 16.1. The van der Waals surface area contributed by atoms with Gasteiger partial charge in [-0.15, -0.1) is 0 Å². The van der Waals surface area contributed by atoms with Gasteiger partial charge in [0.1, 0.15) is 6.54 Å². The van der Waals surface area contributed by atoms with E-state index in [2.05, 4.69) is 10.2 Å². The number of piperidine rings is 1. The molecular formula is C22H24N4O2. The molecule has 2 aliphatic rings. The van der Waals surface area contributed by atoms with Gasteiger partial charge in [-0.25, -0.2) is 0 Å². The lowest BCUT2D eigenvalue weighted by Crippen LogP contribution is -2.48. The van der Waals surface area contributed by atoms with E-state index in [0.717, 1.165) is 50.0 Å². The van der Waals surface area contributed by atoms with E-state index in [1.807, 2.05) is 46.9 Å². The molecule has 0 bridgehead atoms. The third-order valence-electron chi connectivity index (χ3n) is 6.57. The molecule has 28 heavy (non-hydrogen) atoms. The van der Waals surface area contributed by atoms with Gasteiger partial charge in [0.05, 0.1) is 11.7 Å². The number of amides is 1. The Balaban J connectivity index is 1.44. The van der Waals surface area contributed by atoms with Crippen molar-refractivity contribution in [3.05, 3.63) is 63.7 Å². The Labute approximate surface area is 163 Å². The van der Waals surface area contributed by atoms with E-state index in [4.69, 9.17) is 0 Å². The smallest absolute Gasteiger partial charge is 0.242 e. The Kier molecular flexibility index (Phi) is 3.89. The molecule has 1 atom stereocenters. The van der Waals surface area contributed by atoms with Crippen LogP contribution in [0.25, 0.3) is 10.9 Å². The summed E-state index contributed by atoms with van der Waals surface area (Å²) in [6.45, 7) is 3.70. The molecule has 0 radical (unpaired) electrons. The second-order valence-corrected chi connectivity index (χ2v) is 8.22. The van der Waals surface area contributed by atoms with Gasteiger partial charge in [-0.05, 0) is 50.3 Å². The highest BCUT2D eigenvalue weighted by atomic mass is 16.2. The van der Waals surface area contributed by atoms with Crippen LogP contribution >= 0.6 is 0 Å². The first-order valence-electron chi connectivity index (χ1n) is 9.97. The molecule has 3 aromatic rings. The number of fused-ring (bicyclic) bond motifs is 3. The van der Waals surface area contributed by atoms with Crippen molar-refractivity contribution in [2.24, 2.45) is 0 Å². The molecule has 144 valence electrons. The molecular weight excluding hydrogens is 352 g/mol. The van der Waals surface area contributed by atoms with E-state index in [1.165, 1.54) is 11.3 Å². The highest BCUT2D eigenvalue weighted by Crippen LogP contribution is 2.43. The van der Waals surface area contributed by atoms with Crippen molar-refractivity contribution in [3.8, 4) is 0 Å². The van der Waals surface area contributed by atoms with Crippen molar-refractivity contribution in [2.45, 2.75) is 44.6 Å². The van der Waals surface area contributed by atoms with E-state index in [9.17, 15) is 9.59 Å². The molecule has 2 aromatic heterocycles. The molecule has 0 saturated carbocycles. The third-order valence-corrected chi connectivity index (χ3v) is 6.57. The SMILES string of the molecule is Cc1cc(=O)c2ccccc2n1CC(=O)N1CCCC2(CCc3cn[nH]c32)C1. The van der Waals surface area contributed by atoms with Crippen LogP contribution in [0.4, 0.5) is 0 Å². The lowest BCUT2D eigenvalue weighted by molar-refractivity contribution is -0.134. The monoisotopic (exact) mass is 376 g/mol. The number of aryl methyl sites for hydroxylation is 2. The molecule has 1 aromatic carbocycles. The lowest BCUT2D eigenvalue weighted by atomic mass is 9.77. The fourth-order valence-corrected chi connectivity index (χ4v) is 5.11. The highest BCUT2D eigenvalue weighted by molar-refractivity contribution is 5.83. The number of carbonyl (C=O) groups excluding carboxylic acids is 1. The van der Waals surface area contributed by atoms with Crippen LogP contribution in [0.1, 0.15) is 36.2 Å². The first-order chi connectivity index (χ1) is 13.6. The number of hydrogen-bond donors (Lipinski definition) is 1. The predicted octanol–water partition coefficient (Wildman–Crippen LogP) is 2.54. The van der Waals surface area contributed by atoms with Gasteiger partial charge in [0, 0.05) is 41.3 Å². The van der Waals surface area contributed by atoms with Crippen LogP contribution < -0.4 is 5.43 Å². The number of H-pyrrole nitrogens is 1. The fourth-order valence-electron chi connectivity index (χ4n) is 5.11. The predicted molar refractivity (Wildman–Crippen MR) is 107 cm³/mol. The summed E-state index contributed by atoms with van der Waals surface area (Å²) in [7, 11) is 0. The number of likely N-dealkylation sites (tertiary alicyclic amines) is 1. The van der Waals surface area contributed by atoms with E-state index >= 15 is 0 Å². The molecule has 6 nitrogen and oxygen atoms in total. The minimum absolute atomic E-state index is 0.00598. The summed E-state index contributed by atoms with van der Waals surface area (Å²) in [5.74, 6) is 0.115. The van der Waals surface area contributed by atoms with Gasteiger partial charge in [-0.2, -0.15) is 5.10 Å². The minimum atomic E-state index is 0.00598. The van der Waals surface area contributed by atoms with E-state index in [-0.39, 0.29) is 23.3 Å². The largest absolute Gasteiger partial charge is 0.340 e. The summed E-state index contributed by atoms with van der Waals surface area (Å²) in [5.41, 5.74) is 4.21. The Morgan fingerprint density at radius 1 is 1.29 bits per heavy atom. The van der Waals surface area contributed by atoms with Gasteiger partial charge < -0.3 is 9.47 Å². The summed E-state index contributed by atoms with van der Waals surface area (Å²) in [6.07, 6.45) is 6.17. The Bertz CT molecular complexity index is 1130. The van der Waals surface area contributed by atoms with Gasteiger partial charge in [-0.1, -0.05) is 12.1 Å². The van der Waals surface area contributed by atoms with Gasteiger partial charge in [0.2, 0.25) is 5.91 Å². The van der Waals surface area contributed by atoms with Crippen LogP contribution in [0.5, 0.6) is 0 Å². The number of hydrogen-bond acceptors (Lipinski definition) is 3. The first-order valence-corrected chi connectivity index (χ1v) is 9.97. The van der Waals surface area contributed by atoms with Gasteiger partial charge >= 0.3 is 0 Å². The number of benzene rings is 1. The average Bonchev–Trinajstić information content (AvgIpc) is 3.30. The Hall–Kier alpha value is -2.89. The number of aromatic amines is 1. The first kappa shape index (κ1) is 17.2. The second kappa shape index (κ2) is 6.33. The standard InChI is InChI=1S/C22H24N4O2/c1-15-11-19(27)17-5-2-3-6-18(17)26(15)13-20(28)25-10-4-8-22(14-25)9-7-16-12-23-24-21(16)22/h2-3,5-6,11-12H,4,7-10,13-14H2,1H3,(H,23,24). The van der Waals surface area contributed by atoms with E-state index < -0.39 is 0 Å². The molecule has 3 heterocycles. The maximum atomic E-state index is 13.2. The third kappa shape index (κ3) is 2.58. The average molecular weight is 376 g/mol. The zero-order chi connectivity index (χ0) is 19.3. The van der Waals surface area contributed by atoms with Crippen molar-refractivity contribution >= 4 is 16.8 Å². The van der Waals surface area contributed by atoms with Crippen molar-refractivity contribution in [2.75, 3.05) is 13.1 Å². The molecule has 1 N–H and O–H groups in total. The van der Waals surface area contributed by atoms with Crippen molar-refractivity contribution in [3.63, 3.8) is 0 Å². The zero-order valence-corrected chi connectivity index (χ0v) is 16.1. The van der Waals surface area contributed by atoms with Gasteiger partial charge in [-0.3, -0.25) is 14.7 Å². The topological polar surface area (TPSA) is 71.0 Å². The number of nitrogens with zero attached hydrogens (tertiary/aromatic N) is 3. The normalized spacial score (nSPS) is 21.4. The molecule has 1 fully saturated rings. The molecule has 5 rings (SSSR count). The number of pyridine rings is 1. The quantitative estimate of drug-likeness (QED) is 0.747. The second-order valence-electron chi connectivity index (χ2n) is 8.22. The van der Waals surface area contributed by atoms with Crippen molar-refractivity contribution < 1.29 is 4.79 Å². The summed E-state index contributed by atoms with van der Waals surface area (Å²) in [5, 5.41) is 8.08. The van der Waals surface area contributed by atoms with Crippen molar-refractivity contribution in [1.82, 2.24) is 19.7 Å². The molecule has 1 unspecified atom stereocenters. The molecule has 6 heteroatoms. The van der Waals surface area contributed by atoms with Crippen molar-refractivity contribution in [1.29, 1.82) is 0 Å². The van der Waals surface area contributed by atoms with Crippen LogP contribution in [-0.4, -0.2) is 38.7 Å². The van der Waals surface area contributed by atoms with Crippen LogP contribution in [0.3, 0.4) is 0 Å². The Morgan fingerprint density at radius 3 is 3.04 bits per heavy atom. The summed E-state index contributed by atoms with van der Waals surface area (Å²) < 4.78 is 1.97.